The number of carbonyl (C=O) groups excluding carboxylic acids is 1. The van der Waals surface area contributed by atoms with Gasteiger partial charge in [-0.25, -0.2) is 0 Å². The number of nitrogens with one attached hydrogen (secondary N) is 2. The zero-order chi connectivity index (χ0) is 11.3. The Balaban J connectivity index is 2.33. The lowest BCUT2D eigenvalue weighted by Crippen LogP contribution is -2.53. The summed E-state index contributed by atoms with van der Waals surface area (Å²) in [7, 11) is 0. The van der Waals surface area contributed by atoms with E-state index in [1.54, 1.807) is 0 Å². The molecule has 1 saturated heterocycles. The third kappa shape index (κ3) is 3.80. The first-order valence-corrected chi connectivity index (χ1v) is 5.76. The van der Waals surface area contributed by atoms with E-state index >= 15 is 0 Å². The molecule has 0 aliphatic carbocycles. The smallest absolute Gasteiger partial charge is 0.239 e. The summed E-state index contributed by atoms with van der Waals surface area (Å²) in [6.45, 7) is 8.28. The highest BCUT2D eigenvalue weighted by molar-refractivity contribution is 5.82. The Morgan fingerprint density at radius 3 is 2.87 bits per heavy atom. The van der Waals surface area contributed by atoms with Crippen LogP contribution in [-0.4, -0.2) is 37.7 Å². The van der Waals surface area contributed by atoms with Crippen LogP contribution in [0.2, 0.25) is 0 Å². The molecule has 15 heavy (non-hydrogen) atoms. The maximum atomic E-state index is 11.8. The molecule has 0 aromatic heterocycles. The van der Waals surface area contributed by atoms with Gasteiger partial charge in [-0.15, -0.1) is 0 Å². The van der Waals surface area contributed by atoms with Gasteiger partial charge in [0.05, 0.1) is 13.2 Å². The van der Waals surface area contributed by atoms with E-state index in [9.17, 15) is 4.79 Å². The molecule has 0 radical (unpaired) electrons. The van der Waals surface area contributed by atoms with E-state index in [0.717, 1.165) is 13.0 Å². The van der Waals surface area contributed by atoms with Gasteiger partial charge in [-0.05, 0) is 12.8 Å². The minimum atomic E-state index is -0.176. The highest BCUT2D eigenvalue weighted by Crippen LogP contribution is 2.07. The number of hydrogen-bond acceptors (Lipinski definition) is 3. The van der Waals surface area contributed by atoms with Gasteiger partial charge in [0.1, 0.15) is 6.04 Å². The molecular weight excluding hydrogens is 192 g/mol. The highest BCUT2D eigenvalue weighted by atomic mass is 16.5. The maximum Gasteiger partial charge on any atom is 0.239 e. The number of hydrogen-bond donors (Lipinski definition) is 2. The van der Waals surface area contributed by atoms with Gasteiger partial charge in [-0.2, -0.15) is 0 Å². The van der Waals surface area contributed by atoms with Gasteiger partial charge >= 0.3 is 0 Å². The lowest BCUT2D eigenvalue weighted by molar-refractivity contribution is -0.126. The van der Waals surface area contributed by atoms with Crippen molar-refractivity contribution in [1.82, 2.24) is 10.6 Å². The molecule has 1 aliphatic rings. The van der Waals surface area contributed by atoms with Crippen molar-refractivity contribution >= 4 is 5.91 Å². The molecule has 1 heterocycles. The van der Waals surface area contributed by atoms with Crippen molar-refractivity contribution in [2.75, 3.05) is 19.8 Å². The van der Waals surface area contributed by atoms with Crippen LogP contribution in [0.4, 0.5) is 0 Å². The molecule has 1 rings (SSSR count). The Hall–Kier alpha value is -0.610. The third-order valence-corrected chi connectivity index (χ3v) is 3.11. The van der Waals surface area contributed by atoms with Crippen molar-refractivity contribution in [3.05, 3.63) is 0 Å². The van der Waals surface area contributed by atoms with E-state index in [0.29, 0.717) is 19.1 Å². The summed E-state index contributed by atoms with van der Waals surface area (Å²) in [6.07, 6.45) is 1.08. The quantitative estimate of drug-likeness (QED) is 0.717. The Bertz CT molecular complexity index is 203. The first-order valence-electron chi connectivity index (χ1n) is 5.76. The Kier molecular flexibility index (Phi) is 5.05. The van der Waals surface area contributed by atoms with Crippen LogP contribution in [0.5, 0.6) is 0 Å². The highest BCUT2D eigenvalue weighted by Gasteiger charge is 2.23. The molecule has 0 aromatic carbocycles. The average Bonchev–Trinajstić information content (AvgIpc) is 2.29. The van der Waals surface area contributed by atoms with Crippen LogP contribution < -0.4 is 10.6 Å². The van der Waals surface area contributed by atoms with Crippen LogP contribution in [-0.2, 0) is 9.53 Å². The van der Waals surface area contributed by atoms with E-state index in [1.807, 2.05) is 0 Å². The molecule has 2 N–H and O–H groups in total. The predicted octanol–water partition coefficient (Wildman–Crippen LogP) is 0.526. The fraction of sp³-hybridized carbons (Fsp3) is 0.909. The average molecular weight is 214 g/mol. The van der Waals surface area contributed by atoms with Crippen LogP contribution in [0.25, 0.3) is 0 Å². The summed E-state index contributed by atoms with van der Waals surface area (Å²) in [4.78, 5) is 11.8. The number of ether oxygens (including phenoxy) is 1. The van der Waals surface area contributed by atoms with Gasteiger partial charge in [0.25, 0.3) is 0 Å². The Labute approximate surface area is 91.8 Å². The summed E-state index contributed by atoms with van der Waals surface area (Å²) >= 11 is 0. The molecule has 0 spiro atoms. The standard InChI is InChI=1S/C11H22N2O2/c1-4-8(2)9(3)13-11(14)10-7-15-6-5-12-10/h8-10,12H,4-7H2,1-3H3,(H,13,14)/t8-,9-,10+/m0/s1. The lowest BCUT2D eigenvalue weighted by atomic mass is 10.0. The summed E-state index contributed by atoms with van der Waals surface area (Å²) in [5, 5.41) is 6.16. The van der Waals surface area contributed by atoms with Crippen LogP contribution in [0.1, 0.15) is 27.2 Å². The molecule has 0 saturated carbocycles. The molecule has 4 heteroatoms. The second-order valence-corrected chi connectivity index (χ2v) is 4.26. The van der Waals surface area contributed by atoms with Crippen molar-refractivity contribution in [2.24, 2.45) is 5.92 Å². The number of morpholine rings is 1. The number of amides is 1. The van der Waals surface area contributed by atoms with Crippen LogP contribution in [0.3, 0.4) is 0 Å². The molecule has 4 nitrogen and oxygen atoms in total. The van der Waals surface area contributed by atoms with E-state index in [1.165, 1.54) is 0 Å². The molecule has 1 amide bonds. The van der Waals surface area contributed by atoms with Gasteiger partial charge in [0.15, 0.2) is 0 Å². The van der Waals surface area contributed by atoms with Crippen molar-refractivity contribution in [3.63, 3.8) is 0 Å². The van der Waals surface area contributed by atoms with Gasteiger partial charge < -0.3 is 15.4 Å². The third-order valence-electron chi connectivity index (χ3n) is 3.11. The van der Waals surface area contributed by atoms with Gasteiger partial charge in [0, 0.05) is 12.6 Å². The molecular formula is C11H22N2O2. The largest absolute Gasteiger partial charge is 0.378 e. The SMILES string of the molecule is CC[C@H](C)[C@H](C)NC(=O)[C@H]1COCCN1. The van der Waals surface area contributed by atoms with Crippen LogP contribution in [0, 0.1) is 5.92 Å². The minimum Gasteiger partial charge on any atom is -0.378 e. The summed E-state index contributed by atoms with van der Waals surface area (Å²) in [5.41, 5.74) is 0. The first kappa shape index (κ1) is 12.5. The predicted molar refractivity (Wildman–Crippen MR) is 59.7 cm³/mol. The van der Waals surface area contributed by atoms with Gasteiger partial charge in [-0.1, -0.05) is 20.3 Å². The Morgan fingerprint density at radius 1 is 1.60 bits per heavy atom. The second kappa shape index (κ2) is 6.08. The van der Waals surface area contributed by atoms with Crippen LogP contribution >= 0.6 is 0 Å². The maximum absolute atomic E-state index is 11.8. The zero-order valence-corrected chi connectivity index (χ0v) is 9.88. The summed E-state index contributed by atoms with van der Waals surface area (Å²) in [6, 6.07) is 0.0523. The van der Waals surface area contributed by atoms with E-state index < -0.39 is 0 Å². The molecule has 0 bridgehead atoms. The van der Waals surface area contributed by atoms with E-state index in [-0.39, 0.29) is 18.0 Å². The summed E-state index contributed by atoms with van der Waals surface area (Å²) < 4.78 is 5.25. The van der Waals surface area contributed by atoms with Crippen molar-refractivity contribution in [3.8, 4) is 0 Å². The second-order valence-electron chi connectivity index (χ2n) is 4.26. The normalized spacial score (nSPS) is 25.7. The molecule has 1 aliphatic heterocycles. The van der Waals surface area contributed by atoms with Gasteiger partial charge in [0.2, 0.25) is 5.91 Å². The number of carbonyl (C=O) groups is 1. The lowest BCUT2D eigenvalue weighted by Gasteiger charge is -2.26. The molecule has 0 aromatic rings. The fourth-order valence-electron chi connectivity index (χ4n) is 1.55. The number of rotatable bonds is 4. The van der Waals surface area contributed by atoms with E-state index in [4.69, 9.17) is 4.74 Å². The topological polar surface area (TPSA) is 50.4 Å². The first-order chi connectivity index (χ1) is 7.15. The minimum absolute atomic E-state index is 0.0579. The summed E-state index contributed by atoms with van der Waals surface area (Å²) in [5.74, 6) is 0.570. The molecule has 3 atom stereocenters. The van der Waals surface area contributed by atoms with Crippen molar-refractivity contribution in [1.29, 1.82) is 0 Å². The van der Waals surface area contributed by atoms with Crippen LogP contribution in [0.15, 0.2) is 0 Å². The Morgan fingerprint density at radius 2 is 2.33 bits per heavy atom. The van der Waals surface area contributed by atoms with E-state index in [2.05, 4.69) is 31.4 Å². The van der Waals surface area contributed by atoms with Crippen molar-refractivity contribution in [2.45, 2.75) is 39.3 Å². The fourth-order valence-corrected chi connectivity index (χ4v) is 1.55. The monoisotopic (exact) mass is 214 g/mol. The molecule has 0 unspecified atom stereocenters. The van der Waals surface area contributed by atoms with Gasteiger partial charge in [-0.3, -0.25) is 4.79 Å². The molecule has 1 fully saturated rings. The molecule has 88 valence electrons. The zero-order valence-electron chi connectivity index (χ0n) is 9.88. The van der Waals surface area contributed by atoms with Crippen molar-refractivity contribution < 1.29 is 9.53 Å².